The zero-order valence-corrected chi connectivity index (χ0v) is 8.92. The number of carbonyl (C=O) groups excluding carboxylic acids is 1. The standard InChI is InChI=1S/C14H8N2O/c17-14-7-15-13-6-9-4-11-2-1-3-16(11)8-10(9)5-12(13)14/h1-8H. The highest BCUT2D eigenvalue weighted by atomic mass is 16.1. The molecule has 2 aromatic heterocycles. The number of hydrogen-bond donors (Lipinski definition) is 0. The van der Waals surface area contributed by atoms with Gasteiger partial charge in [0.05, 0.1) is 11.9 Å². The first-order valence-corrected chi connectivity index (χ1v) is 5.44. The highest BCUT2D eigenvalue weighted by molar-refractivity contribution is 6.40. The maximum absolute atomic E-state index is 11.6. The predicted octanol–water partition coefficient (Wildman–Crippen LogP) is 2.99. The lowest BCUT2D eigenvalue weighted by atomic mass is 10.1. The summed E-state index contributed by atoms with van der Waals surface area (Å²) in [7, 11) is 0. The van der Waals surface area contributed by atoms with Crippen LogP contribution in [0.4, 0.5) is 5.69 Å². The molecule has 0 amide bonds. The Morgan fingerprint density at radius 2 is 2.06 bits per heavy atom. The highest BCUT2D eigenvalue weighted by Gasteiger charge is 2.16. The quantitative estimate of drug-likeness (QED) is 0.573. The molecule has 0 spiro atoms. The summed E-state index contributed by atoms with van der Waals surface area (Å²) >= 11 is 0. The summed E-state index contributed by atoms with van der Waals surface area (Å²) in [5.41, 5.74) is 2.62. The first-order valence-electron chi connectivity index (χ1n) is 5.44. The maximum atomic E-state index is 11.6. The van der Waals surface area contributed by atoms with Crippen LogP contribution in [0.15, 0.2) is 47.7 Å². The van der Waals surface area contributed by atoms with Gasteiger partial charge in [-0.1, -0.05) is 0 Å². The number of ketones is 1. The van der Waals surface area contributed by atoms with Crippen molar-refractivity contribution < 1.29 is 4.79 Å². The molecule has 3 heterocycles. The molecule has 3 nitrogen and oxygen atoms in total. The first-order chi connectivity index (χ1) is 8.31. The summed E-state index contributed by atoms with van der Waals surface area (Å²) < 4.78 is 2.05. The molecule has 3 heteroatoms. The van der Waals surface area contributed by atoms with Gasteiger partial charge < -0.3 is 4.40 Å². The third-order valence-corrected chi connectivity index (χ3v) is 3.18. The van der Waals surface area contributed by atoms with Gasteiger partial charge in [-0.25, -0.2) is 0 Å². The minimum Gasteiger partial charge on any atom is -0.323 e. The van der Waals surface area contributed by atoms with Gasteiger partial charge >= 0.3 is 0 Å². The summed E-state index contributed by atoms with van der Waals surface area (Å²) in [4.78, 5) is 15.7. The number of pyridine rings is 1. The van der Waals surface area contributed by atoms with Crippen LogP contribution < -0.4 is 0 Å². The van der Waals surface area contributed by atoms with E-state index in [1.807, 2.05) is 30.6 Å². The molecule has 0 saturated heterocycles. The van der Waals surface area contributed by atoms with Crippen LogP contribution in [-0.4, -0.2) is 16.4 Å². The lowest BCUT2D eigenvalue weighted by Gasteiger charge is -2.03. The topological polar surface area (TPSA) is 33.8 Å². The normalized spacial score (nSPS) is 13.8. The molecule has 0 radical (unpaired) electrons. The van der Waals surface area contributed by atoms with E-state index in [1.54, 1.807) is 0 Å². The molecule has 80 valence electrons. The number of rotatable bonds is 0. The molecule has 4 rings (SSSR count). The zero-order valence-electron chi connectivity index (χ0n) is 8.92. The molecule has 0 unspecified atom stereocenters. The summed E-state index contributed by atoms with van der Waals surface area (Å²) in [5.74, 6) is -0.00509. The SMILES string of the molecule is O=C1C=Nc2cc3cc4cccn4cc3cc21. The zero-order chi connectivity index (χ0) is 11.4. The molecular weight excluding hydrogens is 212 g/mol. The van der Waals surface area contributed by atoms with Crippen LogP contribution in [-0.2, 0) is 0 Å². The molecule has 1 aromatic carbocycles. The van der Waals surface area contributed by atoms with Gasteiger partial charge in [0.1, 0.15) is 0 Å². The fourth-order valence-electron chi connectivity index (χ4n) is 2.32. The molecule has 3 aromatic rings. The van der Waals surface area contributed by atoms with Gasteiger partial charge in [0, 0.05) is 23.5 Å². The van der Waals surface area contributed by atoms with E-state index >= 15 is 0 Å². The smallest absolute Gasteiger partial charge is 0.206 e. The van der Waals surface area contributed by atoms with E-state index in [0.717, 1.165) is 22.0 Å². The lowest BCUT2D eigenvalue weighted by molar-refractivity contribution is 0.107. The number of nitrogens with zero attached hydrogens (tertiary/aromatic N) is 2. The monoisotopic (exact) mass is 220 g/mol. The van der Waals surface area contributed by atoms with Crippen molar-refractivity contribution in [1.82, 2.24) is 4.40 Å². The van der Waals surface area contributed by atoms with Gasteiger partial charge in [0.25, 0.3) is 0 Å². The second-order valence-electron chi connectivity index (χ2n) is 4.23. The van der Waals surface area contributed by atoms with Gasteiger partial charge in [-0.15, -0.1) is 0 Å². The van der Waals surface area contributed by atoms with Crippen LogP contribution in [0.3, 0.4) is 0 Å². The second-order valence-corrected chi connectivity index (χ2v) is 4.23. The average molecular weight is 220 g/mol. The molecule has 0 bridgehead atoms. The number of Topliss-reactive ketones (excluding diaryl/α,β-unsaturated/α-hetero) is 1. The summed E-state index contributed by atoms with van der Waals surface area (Å²) in [6.07, 6.45) is 5.42. The molecule has 0 saturated carbocycles. The predicted molar refractivity (Wildman–Crippen MR) is 67.4 cm³/mol. The largest absolute Gasteiger partial charge is 0.323 e. The summed E-state index contributed by atoms with van der Waals surface area (Å²) in [6, 6.07) is 10.1. The fraction of sp³-hybridized carbons (Fsp3) is 0. The number of hydrogen-bond acceptors (Lipinski definition) is 2. The maximum Gasteiger partial charge on any atom is 0.206 e. The molecule has 1 aliphatic rings. The van der Waals surface area contributed by atoms with E-state index < -0.39 is 0 Å². The van der Waals surface area contributed by atoms with Crippen molar-refractivity contribution in [3.8, 4) is 0 Å². The van der Waals surface area contributed by atoms with Crippen molar-refractivity contribution in [3.63, 3.8) is 0 Å². The molecule has 0 N–H and O–H groups in total. The van der Waals surface area contributed by atoms with Gasteiger partial charge in [-0.3, -0.25) is 9.79 Å². The van der Waals surface area contributed by atoms with Gasteiger partial charge in [0.2, 0.25) is 5.78 Å². The van der Waals surface area contributed by atoms with Gasteiger partial charge in [-0.05, 0) is 41.1 Å². The minimum atomic E-state index is -0.00509. The number of aromatic nitrogens is 1. The molecule has 1 aliphatic heterocycles. The fourth-order valence-corrected chi connectivity index (χ4v) is 2.32. The van der Waals surface area contributed by atoms with Crippen LogP contribution in [0.5, 0.6) is 0 Å². The number of aliphatic imine (C=N–C) groups is 1. The van der Waals surface area contributed by atoms with Crippen LogP contribution in [0.1, 0.15) is 10.4 Å². The first kappa shape index (κ1) is 8.70. The van der Waals surface area contributed by atoms with Crippen molar-refractivity contribution in [2.75, 3.05) is 0 Å². The van der Waals surface area contributed by atoms with Crippen LogP contribution >= 0.6 is 0 Å². The molecule has 0 atom stereocenters. The van der Waals surface area contributed by atoms with E-state index in [-0.39, 0.29) is 5.78 Å². The Hall–Kier alpha value is -2.42. The highest BCUT2D eigenvalue weighted by Crippen LogP contribution is 2.30. The third-order valence-electron chi connectivity index (χ3n) is 3.18. The Labute approximate surface area is 97.0 Å². The van der Waals surface area contributed by atoms with Crippen molar-refractivity contribution >= 4 is 34.0 Å². The van der Waals surface area contributed by atoms with E-state index in [9.17, 15) is 4.79 Å². The molecular formula is C14H8N2O. The number of carbonyl (C=O) groups is 1. The lowest BCUT2D eigenvalue weighted by Crippen LogP contribution is -1.94. The number of benzene rings is 1. The number of fused-ring (bicyclic) bond motifs is 3. The van der Waals surface area contributed by atoms with Crippen molar-refractivity contribution in [3.05, 3.63) is 48.3 Å². The van der Waals surface area contributed by atoms with E-state index in [0.29, 0.717) is 5.56 Å². The molecule has 17 heavy (non-hydrogen) atoms. The van der Waals surface area contributed by atoms with Crippen molar-refractivity contribution in [1.29, 1.82) is 0 Å². The van der Waals surface area contributed by atoms with Crippen LogP contribution in [0, 0.1) is 0 Å². The Balaban J connectivity index is 2.16. The van der Waals surface area contributed by atoms with E-state index in [1.165, 1.54) is 6.21 Å². The Bertz CT molecular complexity index is 812. The third kappa shape index (κ3) is 1.11. The van der Waals surface area contributed by atoms with Gasteiger partial charge in [0.15, 0.2) is 0 Å². The van der Waals surface area contributed by atoms with Crippen LogP contribution in [0.2, 0.25) is 0 Å². The summed E-state index contributed by atoms with van der Waals surface area (Å²) in [5, 5.41) is 2.17. The van der Waals surface area contributed by atoms with Gasteiger partial charge in [-0.2, -0.15) is 0 Å². The minimum absolute atomic E-state index is 0.00509. The second kappa shape index (κ2) is 2.83. The van der Waals surface area contributed by atoms with Crippen molar-refractivity contribution in [2.45, 2.75) is 0 Å². The summed E-state index contributed by atoms with van der Waals surface area (Å²) in [6.45, 7) is 0. The Morgan fingerprint density at radius 3 is 3.00 bits per heavy atom. The van der Waals surface area contributed by atoms with Crippen LogP contribution in [0.25, 0.3) is 16.3 Å². The van der Waals surface area contributed by atoms with E-state index in [2.05, 4.69) is 21.5 Å². The van der Waals surface area contributed by atoms with Crippen molar-refractivity contribution in [2.24, 2.45) is 4.99 Å². The Kier molecular flexibility index (Phi) is 1.45. The Morgan fingerprint density at radius 1 is 1.12 bits per heavy atom. The molecule has 0 fully saturated rings. The van der Waals surface area contributed by atoms with E-state index in [4.69, 9.17) is 0 Å². The average Bonchev–Trinajstić information content (AvgIpc) is 2.91. The molecule has 0 aliphatic carbocycles.